The average Bonchev–Trinajstić information content (AvgIpc) is 3.68. The first-order valence-electron chi connectivity index (χ1n) is 22.0. The summed E-state index contributed by atoms with van der Waals surface area (Å²) in [5, 5.41) is 26.4. The van der Waals surface area contributed by atoms with Crippen LogP contribution in [-0.2, 0) is 25.9 Å². The summed E-state index contributed by atoms with van der Waals surface area (Å²) < 4.78 is 84.7. The molecule has 0 bridgehead atoms. The van der Waals surface area contributed by atoms with E-state index in [1.54, 1.807) is 49.1 Å². The van der Waals surface area contributed by atoms with Gasteiger partial charge in [-0.3, -0.25) is 14.5 Å². The first-order valence-corrected chi connectivity index (χ1v) is 23.2. The Kier molecular flexibility index (Phi) is 16.1. The first-order chi connectivity index (χ1) is 32.1. The normalized spacial score (nSPS) is 20.4. The molecule has 0 unspecified atom stereocenters. The highest BCUT2D eigenvalue weighted by Gasteiger charge is 2.61. The van der Waals surface area contributed by atoms with E-state index in [4.69, 9.17) is 44.9 Å². The van der Waals surface area contributed by atoms with Gasteiger partial charge in [-0.2, -0.15) is 23.7 Å². The average molecular weight is 998 g/mol. The monoisotopic (exact) mass is 996 g/mol. The number of nitrogens with zero attached hydrogens (tertiary/aromatic N) is 4. The largest absolute Gasteiger partial charge is 0.494 e. The van der Waals surface area contributed by atoms with Gasteiger partial charge in [0.1, 0.15) is 28.3 Å². The zero-order chi connectivity index (χ0) is 49.8. The molecule has 6 rings (SSSR count). The number of halogens is 7. The number of hydrogen-bond donors (Lipinski definition) is 2. The van der Waals surface area contributed by atoms with Crippen LogP contribution in [0, 0.1) is 39.7 Å². The molecule has 4 aromatic carbocycles. The number of amides is 2. The van der Waals surface area contributed by atoms with Crippen molar-refractivity contribution in [2.45, 2.75) is 102 Å². The molecule has 2 aliphatic heterocycles. The third-order valence-corrected chi connectivity index (χ3v) is 13.0. The Morgan fingerprint density at radius 1 is 0.912 bits per heavy atom. The molecule has 2 amide bonds. The molecule has 4 atom stereocenters. The van der Waals surface area contributed by atoms with Crippen molar-refractivity contribution in [2.24, 2.45) is 5.41 Å². The van der Waals surface area contributed by atoms with Gasteiger partial charge in [0.25, 0.3) is 5.91 Å². The van der Waals surface area contributed by atoms with Crippen molar-refractivity contribution in [3.63, 3.8) is 0 Å². The number of ether oxygens (including phenoxy) is 2. The van der Waals surface area contributed by atoms with Gasteiger partial charge in [-0.25, -0.2) is 8.78 Å². The number of carbonyl (C=O) groups is 2. The Balaban J connectivity index is 0.973. The molecule has 0 saturated carbocycles. The van der Waals surface area contributed by atoms with Crippen molar-refractivity contribution in [2.75, 3.05) is 36.2 Å². The maximum atomic E-state index is 15.9. The standard InChI is InChI=1S/C50H51Cl2F5N6O4S/c1-47(2,3)27-40-49(29-59,36-20-14-31(51)25-39(36)53)41(35-11-9-12-38(52)42(35)54)43(61-40)44(64)60-21-10-23-66-22-7-6-8-24-67-34-18-16-32(17-19-34)63-46(68)62(45(65)48(63,4)5)33-15-13-30(28-58)37(26-33)50(55,56)57/h9,11-20,25-26,40-41,43,61H,6-8,10,21-24,27H2,1-5H3,(H,60,64)/t40-,41-,43+,49-/m0/s1. The quantitative estimate of drug-likeness (QED) is 0.0603. The number of unbranched alkanes of at least 4 members (excludes halogenated alkanes) is 2. The smallest absolute Gasteiger partial charge is 0.417 e. The molecule has 2 heterocycles. The van der Waals surface area contributed by atoms with Crippen LogP contribution in [0.15, 0.2) is 78.9 Å². The van der Waals surface area contributed by atoms with Crippen LogP contribution in [0.2, 0.25) is 10.0 Å². The second-order valence-electron chi connectivity index (χ2n) is 18.5. The zero-order valence-electron chi connectivity index (χ0n) is 38.1. The molecule has 360 valence electrons. The van der Waals surface area contributed by atoms with Crippen LogP contribution in [0.3, 0.4) is 0 Å². The molecule has 68 heavy (non-hydrogen) atoms. The Hall–Kier alpha value is -5.36. The summed E-state index contributed by atoms with van der Waals surface area (Å²) >= 11 is 18.0. The predicted molar refractivity (Wildman–Crippen MR) is 255 cm³/mol. The molecule has 4 aromatic rings. The van der Waals surface area contributed by atoms with Gasteiger partial charge in [0.2, 0.25) is 5.91 Å². The molecular weight excluding hydrogens is 947 g/mol. The van der Waals surface area contributed by atoms with Gasteiger partial charge in [-0.1, -0.05) is 62.2 Å². The zero-order valence-corrected chi connectivity index (χ0v) is 40.4. The number of nitriles is 2. The van der Waals surface area contributed by atoms with Crippen LogP contribution in [0.25, 0.3) is 0 Å². The Morgan fingerprint density at radius 3 is 2.24 bits per heavy atom. The van der Waals surface area contributed by atoms with Crippen molar-refractivity contribution in [1.29, 1.82) is 10.5 Å². The number of alkyl halides is 3. The molecule has 0 aromatic heterocycles. The minimum Gasteiger partial charge on any atom is -0.494 e. The molecule has 2 fully saturated rings. The summed E-state index contributed by atoms with van der Waals surface area (Å²) in [5.74, 6) is -3.14. The Labute approximate surface area is 408 Å². The number of rotatable bonds is 17. The van der Waals surface area contributed by atoms with Gasteiger partial charge in [0.15, 0.2) is 5.11 Å². The van der Waals surface area contributed by atoms with Crippen molar-refractivity contribution in [1.82, 2.24) is 10.6 Å². The number of carbonyl (C=O) groups excluding carboxylic acids is 2. The van der Waals surface area contributed by atoms with E-state index in [2.05, 4.69) is 16.7 Å². The van der Waals surface area contributed by atoms with Crippen LogP contribution < -0.4 is 25.2 Å². The maximum absolute atomic E-state index is 15.9. The third kappa shape index (κ3) is 10.9. The Morgan fingerprint density at radius 2 is 1.59 bits per heavy atom. The van der Waals surface area contributed by atoms with Gasteiger partial charge in [-0.05, 0) is 130 Å². The van der Waals surface area contributed by atoms with Crippen LogP contribution in [0.5, 0.6) is 5.75 Å². The fourth-order valence-electron chi connectivity index (χ4n) is 8.98. The number of anilines is 2. The highest BCUT2D eigenvalue weighted by molar-refractivity contribution is 7.81. The molecule has 0 aliphatic carbocycles. The van der Waals surface area contributed by atoms with E-state index in [9.17, 15) is 33.3 Å². The second-order valence-corrected chi connectivity index (χ2v) is 19.7. The van der Waals surface area contributed by atoms with Crippen molar-refractivity contribution in [3.05, 3.63) is 123 Å². The van der Waals surface area contributed by atoms with Gasteiger partial charge in [0, 0.05) is 48.0 Å². The molecule has 18 heteroatoms. The molecule has 2 N–H and O–H groups in total. The minimum atomic E-state index is -4.81. The summed E-state index contributed by atoms with van der Waals surface area (Å²) in [5.41, 5.74) is -4.60. The number of benzene rings is 4. The van der Waals surface area contributed by atoms with Gasteiger partial charge in [0.05, 0.1) is 46.6 Å². The van der Waals surface area contributed by atoms with Gasteiger partial charge >= 0.3 is 6.18 Å². The highest BCUT2D eigenvalue weighted by Crippen LogP contribution is 2.53. The molecule has 0 spiro atoms. The van der Waals surface area contributed by atoms with E-state index >= 15 is 8.78 Å². The summed E-state index contributed by atoms with van der Waals surface area (Å²) in [7, 11) is 0. The lowest BCUT2D eigenvalue weighted by Gasteiger charge is -2.37. The lowest BCUT2D eigenvalue weighted by Crippen LogP contribution is -2.46. The van der Waals surface area contributed by atoms with E-state index in [-0.39, 0.29) is 43.9 Å². The van der Waals surface area contributed by atoms with Crippen LogP contribution >= 0.6 is 35.4 Å². The Bertz CT molecular complexity index is 2610. The van der Waals surface area contributed by atoms with Crippen LogP contribution in [0.1, 0.15) is 94.9 Å². The van der Waals surface area contributed by atoms with E-state index in [1.807, 2.05) is 20.8 Å². The van der Waals surface area contributed by atoms with Gasteiger partial charge in [-0.15, -0.1) is 0 Å². The summed E-state index contributed by atoms with van der Waals surface area (Å²) in [6.45, 7) is 10.6. The van der Waals surface area contributed by atoms with E-state index < -0.39 is 69.7 Å². The second kappa shape index (κ2) is 21.1. The molecule has 2 aliphatic rings. The minimum absolute atomic E-state index is 0.00166. The highest BCUT2D eigenvalue weighted by atomic mass is 35.5. The molecule has 0 radical (unpaired) electrons. The first kappa shape index (κ1) is 52.0. The van der Waals surface area contributed by atoms with Crippen molar-refractivity contribution >= 4 is 63.7 Å². The molecular formula is C50H51Cl2F5N6O4S. The predicted octanol–water partition coefficient (Wildman–Crippen LogP) is 11.2. The summed E-state index contributed by atoms with van der Waals surface area (Å²) in [6.07, 6.45) is -1.72. The van der Waals surface area contributed by atoms with Crippen LogP contribution in [-0.4, -0.2) is 60.9 Å². The lowest BCUT2D eigenvalue weighted by atomic mass is 9.62. The number of nitrogens with one attached hydrogen (secondary N) is 2. The topological polar surface area (TPSA) is 131 Å². The van der Waals surface area contributed by atoms with E-state index in [0.717, 1.165) is 42.4 Å². The number of hydrogen-bond acceptors (Lipinski definition) is 8. The number of thiocarbonyl (C=S) groups is 1. The molecule has 10 nitrogen and oxygen atoms in total. The molecule has 2 saturated heterocycles. The van der Waals surface area contributed by atoms with E-state index in [1.165, 1.54) is 36.4 Å². The fraction of sp³-hybridized carbons (Fsp3) is 0.420. The SMILES string of the molecule is CC(C)(C)C[C@@H]1N[C@@H](C(=O)NCCCOCCCCCOc2ccc(N3C(=S)N(c4ccc(C#N)c(C(F)(F)F)c4)C(=O)C3(C)C)cc2)[C@H](c2cccc(Cl)c2F)[C@@]1(C#N)c1ccc(Cl)cc1F. The van der Waals surface area contributed by atoms with Crippen molar-refractivity contribution in [3.8, 4) is 17.9 Å². The third-order valence-electron chi connectivity index (χ3n) is 12.1. The summed E-state index contributed by atoms with van der Waals surface area (Å²) in [6, 6.07) is 20.3. The summed E-state index contributed by atoms with van der Waals surface area (Å²) in [4.78, 5) is 30.2. The van der Waals surface area contributed by atoms with E-state index in [0.29, 0.717) is 44.1 Å². The van der Waals surface area contributed by atoms with Crippen LogP contribution in [0.4, 0.5) is 33.3 Å². The lowest BCUT2D eigenvalue weighted by molar-refractivity contribution is -0.137. The fourth-order valence-corrected chi connectivity index (χ4v) is 9.84. The van der Waals surface area contributed by atoms with Gasteiger partial charge < -0.3 is 25.0 Å². The maximum Gasteiger partial charge on any atom is 0.417 e. The van der Waals surface area contributed by atoms with Crippen molar-refractivity contribution < 1.29 is 41.0 Å².